The summed E-state index contributed by atoms with van der Waals surface area (Å²) in [5.74, 6) is -1.34. The molecule has 6 nitrogen and oxygen atoms in total. The van der Waals surface area contributed by atoms with E-state index in [-0.39, 0.29) is 6.42 Å². The molecule has 6 heteroatoms. The second-order valence-electron chi connectivity index (χ2n) is 4.28. The highest BCUT2D eigenvalue weighted by molar-refractivity contribution is 5.73. The third kappa shape index (κ3) is 6.93. The fraction of sp³-hybridized carbons (Fsp3) is 0.200. The summed E-state index contributed by atoms with van der Waals surface area (Å²) >= 11 is 0. The van der Waals surface area contributed by atoms with Crippen molar-refractivity contribution in [1.82, 2.24) is 0 Å². The van der Waals surface area contributed by atoms with Crippen LogP contribution in [0, 0.1) is 0 Å². The lowest BCUT2D eigenvalue weighted by Crippen LogP contribution is -2.32. The van der Waals surface area contributed by atoms with E-state index in [1.165, 1.54) is 6.26 Å². The van der Waals surface area contributed by atoms with Gasteiger partial charge in [-0.05, 0) is 24.1 Å². The monoisotopic (exact) mass is 291 g/mol. The van der Waals surface area contributed by atoms with Crippen LogP contribution in [0.25, 0.3) is 0 Å². The molecule has 0 saturated heterocycles. The summed E-state index contributed by atoms with van der Waals surface area (Å²) in [7, 11) is 0. The molecule has 0 spiro atoms. The van der Waals surface area contributed by atoms with Crippen LogP contribution in [0.15, 0.2) is 53.1 Å². The van der Waals surface area contributed by atoms with Crippen molar-refractivity contribution in [3.05, 3.63) is 60.1 Å². The first-order valence-electron chi connectivity index (χ1n) is 6.25. The first kappa shape index (κ1) is 16.5. The van der Waals surface area contributed by atoms with E-state index in [4.69, 9.17) is 20.4 Å². The lowest BCUT2D eigenvalue weighted by molar-refractivity contribution is -0.138. The van der Waals surface area contributed by atoms with E-state index < -0.39 is 18.0 Å². The van der Waals surface area contributed by atoms with Crippen molar-refractivity contribution in [3.8, 4) is 0 Å². The van der Waals surface area contributed by atoms with Gasteiger partial charge in [0.2, 0.25) is 0 Å². The summed E-state index contributed by atoms with van der Waals surface area (Å²) in [6.45, 7) is 0. The molecule has 112 valence electrons. The Morgan fingerprint density at radius 3 is 2.24 bits per heavy atom. The van der Waals surface area contributed by atoms with Crippen molar-refractivity contribution in [3.63, 3.8) is 0 Å². The second-order valence-corrected chi connectivity index (χ2v) is 4.28. The molecule has 1 aromatic carbocycles. The summed E-state index contributed by atoms with van der Waals surface area (Å²) in [6, 6.07) is 11.8. The molecule has 2 rings (SSSR count). The van der Waals surface area contributed by atoms with Crippen LogP contribution < -0.4 is 5.73 Å². The van der Waals surface area contributed by atoms with Gasteiger partial charge in [-0.1, -0.05) is 30.3 Å². The van der Waals surface area contributed by atoms with Crippen molar-refractivity contribution < 1.29 is 24.2 Å². The van der Waals surface area contributed by atoms with Gasteiger partial charge in [-0.15, -0.1) is 0 Å². The van der Waals surface area contributed by atoms with Crippen molar-refractivity contribution >= 4 is 11.9 Å². The van der Waals surface area contributed by atoms with Crippen LogP contribution in [-0.4, -0.2) is 28.2 Å². The van der Waals surface area contributed by atoms with Crippen LogP contribution in [0.2, 0.25) is 0 Å². The van der Waals surface area contributed by atoms with Gasteiger partial charge >= 0.3 is 11.9 Å². The molecule has 1 unspecified atom stereocenters. The number of aliphatic carboxylic acids is 2. The average Bonchev–Trinajstić information content (AvgIpc) is 2.92. The Labute approximate surface area is 121 Å². The minimum absolute atomic E-state index is 0.0347. The fourth-order valence-corrected chi connectivity index (χ4v) is 1.52. The predicted octanol–water partition coefficient (Wildman–Crippen LogP) is 1.55. The van der Waals surface area contributed by atoms with Crippen LogP contribution in [0.4, 0.5) is 0 Å². The number of rotatable bonds is 5. The smallest absolute Gasteiger partial charge is 0.320 e. The first-order valence-corrected chi connectivity index (χ1v) is 6.25. The van der Waals surface area contributed by atoms with Gasteiger partial charge in [0.05, 0.1) is 6.26 Å². The summed E-state index contributed by atoms with van der Waals surface area (Å²) in [5, 5.41) is 16.7. The second kappa shape index (κ2) is 8.55. The Morgan fingerprint density at radius 2 is 1.76 bits per heavy atom. The Kier molecular flexibility index (Phi) is 6.70. The zero-order valence-corrected chi connectivity index (χ0v) is 11.3. The van der Waals surface area contributed by atoms with E-state index in [0.717, 1.165) is 5.56 Å². The Morgan fingerprint density at radius 1 is 1.10 bits per heavy atom. The molecule has 0 radical (unpaired) electrons. The molecule has 0 amide bonds. The summed E-state index contributed by atoms with van der Waals surface area (Å²) in [5.41, 5.74) is 6.30. The maximum absolute atomic E-state index is 10.4. The number of carboxylic acids is 2. The van der Waals surface area contributed by atoms with Gasteiger partial charge in [0.25, 0.3) is 0 Å². The summed E-state index contributed by atoms with van der Waals surface area (Å²) < 4.78 is 4.76. The lowest BCUT2D eigenvalue weighted by Gasteiger charge is -2.04. The van der Waals surface area contributed by atoms with Gasteiger partial charge < -0.3 is 20.4 Å². The number of furan rings is 1. The molecule has 0 fully saturated rings. The highest BCUT2D eigenvalue weighted by atomic mass is 16.4. The molecular weight excluding hydrogens is 274 g/mol. The quantitative estimate of drug-likeness (QED) is 0.770. The maximum atomic E-state index is 10.4. The van der Waals surface area contributed by atoms with E-state index >= 15 is 0 Å². The molecular formula is C15H17NO5. The third-order valence-electron chi connectivity index (χ3n) is 2.52. The summed E-state index contributed by atoms with van der Waals surface area (Å²) in [6.07, 6.45) is 1.81. The van der Waals surface area contributed by atoms with Gasteiger partial charge in [0.1, 0.15) is 18.2 Å². The minimum Gasteiger partial charge on any atom is -0.481 e. The minimum atomic E-state index is -0.959. The topological polar surface area (TPSA) is 114 Å². The Hall–Kier alpha value is -2.60. The van der Waals surface area contributed by atoms with E-state index in [9.17, 15) is 9.59 Å². The molecule has 0 bridgehead atoms. The van der Waals surface area contributed by atoms with Crippen molar-refractivity contribution in [2.45, 2.75) is 18.9 Å². The van der Waals surface area contributed by atoms with Crippen LogP contribution in [0.3, 0.4) is 0 Å². The Bertz CT molecular complexity index is 551. The molecule has 0 aliphatic rings. The van der Waals surface area contributed by atoms with Crippen LogP contribution in [-0.2, 0) is 22.4 Å². The number of hydrogen-bond donors (Lipinski definition) is 3. The van der Waals surface area contributed by atoms with Crippen LogP contribution >= 0.6 is 0 Å². The van der Waals surface area contributed by atoms with Crippen molar-refractivity contribution in [2.24, 2.45) is 5.73 Å². The molecule has 0 aliphatic heterocycles. The van der Waals surface area contributed by atoms with E-state index in [1.54, 1.807) is 12.1 Å². The predicted molar refractivity (Wildman–Crippen MR) is 75.8 cm³/mol. The first-order chi connectivity index (χ1) is 9.99. The van der Waals surface area contributed by atoms with Crippen molar-refractivity contribution in [1.29, 1.82) is 0 Å². The SMILES string of the molecule is NC(Cc1ccccc1)C(=O)O.O=C(O)Cc1ccco1. The molecule has 0 aliphatic carbocycles. The summed E-state index contributed by atoms with van der Waals surface area (Å²) in [4.78, 5) is 20.4. The van der Waals surface area contributed by atoms with Gasteiger partial charge in [0, 0.05) is 0 Å². The lowest BCUT2D eigenvalue weighted by atomic mass is 10.1. The molecule has 1 aromatic heterocycles. The third-order valence-corrected chi connectivity index (χ3v) is 2.52. The highest BCUT2D eigenvalue weighted by Gasteiger charge is 2.10. The number of nitrogens with two attached hydrogens (primary N) is 1. The largest absolute Gasteiger partial charge is 0.481 e. The molecule has 2 aromatic rings. The number of carbonyl (C=O) groups is 2. The number of benzene rings is 1. The zero-order chi connectivity index (χ0) is 15.7. The fourth-order valence-electron chi connectivity index (χ4n) is 1.52. The van der Waals surface area contributed by atoms with Gasteiger partial charge in [-0.3, -0.25) is 9.59 Å². The number of carboxylic acid groups (broad SMARTS) is 2. The molecule has 4 N–H and O–H groups in total. The zero-order valence-electron chi connectivity index (χ0n) is 11.3. The molecule has 1 heterocycles. The van der Waals surface area contributed by atoms with E-state index in [2.05, 4.69) is 0 Å². The van der Waals surface area contributed by atoms with Gasteiger partial charge in [-0.2, -0.15) is 0 Å². The van der Waals surface area contributed by atoms with Gasteiger partial charge in [-0.25, -0.2) is 0 Å². The van der Waals surface area contributed by atoms with Gasteiger partial charge in [0.15, 0.2) is 0 Å². The van der Waals surface area contributed by atoms with Crippen LogP contribution in [0.5, 0.6) is 0 Å². The van der Waals surface area contributed by atoms with Crippen molar-refractivity contribution in [2.75, 3.05) is 0 Å². The normalized spacial score (nSPS) is 11.1. The molecule has 0 saturated carbocycles. The highest BCUT2D eigenvalue weighted by Crippen LogP contribution is 2.01. The Balaban J connectivity index is 0.000000219. The van der Waals surface area contributed by atoms with E-state index in [0.29, 0.717) is 12.2 Å². The van der Waals surface area contributed by atoms with Crippen LogP contribution in [0.1, 0.15) is 11.3 Å². The average molecular weight is 291 g/mol. The molecule has 21 heavy (non-hydrogen) atoms. The molecule has 1 atom stereocenters. The van der Waals surface area contributed by atoms with E-state index in [1.807, 2.05) is 30.3 Å². The number of hydrogen-bond acceptors (Lipinski definition) is 4. The standard InChI is InChI=1S/C9H11NO2.C6H6O3/c10-8(9(11)12)6-7-4-2-1-3-5-7;7-6(8)4-5-2-1-3-9-5/h1-5,8H,6,10H2,(H,11,12);1-3H,4H2,(H,7,8). The maximum Gasteiger partial charge on any atom is 0.320 e.